The number of carboxylic acid groups (broad SMARTS) is 1. The molecular formula is C14H20N2O5. The highest BCUT2D eigenvalue weighted by molar-refractivity contribution is 5.84. The number of carboxylic acids is 1. The van der Waals surface area contributed by atoms with Gasteiger partial charge >= 0.3 is 5.97 Å². The maximum atomic E-state index is 12.3. The van der Waals surface area contributed by atoms with Gasteiger partial charge < -0.3 is 19.6 Å². The Balaban J connectivity index is 1.49. The maximum absolute atomic E-state index is 12.3. The number of aliphatic carboxylic acids is 1. The Morgan fingerprint density at radius 1 is 0.810 bits per heavy atom. The summed E-state index contributed by atoms with van der Waals surface area (Å²) in [4.78, 5) is 38.6. The first-order valence-electron chi connectivity index (χ1n) is 7.52. The summed E-state index contributed by atoms with van der Waals surface area (Å²) in [6, 6.07) is 0. The third-order valence-electron chi connectivity index (χ3n) is 4.40. The SMILES string of the molecule is O=C(O)C1CCC(C(=O)N2CCN(C(=O)C3CC3)CC2)O1. The Bertz CT molecular complexity index is 454. The molecule has 3 rings (SSSR count). The first kappa shape index (κ1) is 14.3. The fraction of sp³-hybridized carbons (Fsp3) is 0.786. The second-order valence-corrected chi connectivity index (χ2v) is 5.95. The van der Waals surface area contributed by atoms with E-state index in [1.807, 2.05) is 4.90 Å². The van der Waals surface area contributed by atoms with Crippen molar-refractivity contribution in [2.24, 2.45) is 5.92 Å². The minimum absolute atomic E-state index is 0.141. The normalized spacial score (nSPS) is 29.5. The van der Waals surface area contributed by atoms with Crippen LogP contribution < -0.4 is 0 Å². The van der Waals surface area contributed by atoms with Crippen molar-refractivity contribution in [1.29, 1.82) is 0 Å². The molecule has 116 valence electrons. The molecule has 0 aromatic heterocycles. The fourth-order valence-corrected chi connectivity index (χ4v) is 2.94. The van der Waals surface area contributed by atoms with Gasteiger partial charge in [0.1, 0.15) is 6.10 Å². The molecule has 0 spiro atoms. The number of hydrogen-bond acceptors (Lipinski definition) is 4. The molecule has 0 bridgehead atoms. The molecule has 2 amide bonds. The summed E-state index contributed by atoms with van der Waals surface area (Å²) in [6.45, 7) is 2.15. The lowest BCUT2D eigenvalue weighted by atomic mass is 10.1. The summed E-state index contributed by atoms with van der Waals surface area (Å²) in [6.07, 6.45) is 1.31. The van der Waals surface area contributed by atoms with Gasteiger partial charge in [0.05, 0.1) is 0 Å². The van der Waals surface area contributed by atoms with Crippen molar-refractivity contribution in [2.45, 2.75) is 37.9 Å². The molecule has 2 saturated heterocycles. The van der Waals surface area contributed by atoms with Crippen molar-refractivity contribution in [3.63, 3.8) is 0 Å². The predicted molar refractivity (Wildman–Crippen MR) is 71.4 cm³/mol. The van der Waals surface area contributed by atoms with Crippen LogP contribution in [-0.4, -0.2) is 71.1 Å². The van der Waals surface area contributed by atoms with E-state index in [1.54, 1.807) is 4.90 Å². The topological polar surface area (TPSA) is 87.2 Å². The highest BCUT2D eigenvalue weighted by Gasteiger charge is 2.39. The van der Waals surface area contributed by atoms with Crippen molar-refractivity contribution >= 4 is 17.8 Å². The van der Waals surface area contributed by atoms with E-state index < -0.39 is 18.2 Å². The van der Waals surface area contributed by atoms with Crippen LogP contribution in [0.3, 0.4) is 0 Å². The summed E-state index contributed by atoms with van der Waals surface area (Å²) < 4.78 is 5.29. The molecule has 7 heteroatoms. The lowest BCUT2D eigenvalue weighted by Gasteiger charge is -2.35. The van der Waals surface area contributed by atoms with Crippen LogP contribution in [0.2, 0.25) is 0 Å². The molecule has 1 aliphatic carbocycles. The minimum atomic E-state index is -1.01. The summed E-state index contributed by atoms with van der Waals surface area (Å²) >= 11 is 0. The van der Waals surface area contributed by atoms with E-state index in [9.17, 15) is 14.4 Å². The monoisotopic (exact) mass is 296 g/mol. The minimum Gasteiger partial charge on any atom is -0.479 e. The van der Waals surface area contributed by atoms with Crippen molar-refractivity contribution in [1.82, 2.24) is 9.80 Å². The van der Waals surface area contributed by atoms with Crippen LogP contribution in [0.1, 0.15) is 25.7 Å². The van der Waals surface area contributed by atoms with Crippen molar-refractivity contribution < 1.29 is 24.2 Å². The standard InChI is InChI=1S/C14H20N2O5/c17-12(9-1-2-9)15-5-7-16(8-6-15)13(18)10-3-4-11(21-10)14(19)20/h9-11H,1-8H2,(H,19,20). The van der Waals surface area contributed by atoms with Crippen molar-refractivity contribution in [3.05, 3.63) is 0 Å². The lowest BCUT2D eigenvalue weighted by molar-refractivity contribution is -0.156. The number of carbonyl (C=O) groups excluding carboxylic acids is 2. The van der Waals surface area contributed by atoms with Gasteiger partial charge in [-0.3, -0.25) is 9.59 Å². The third-order valence-corrected chi connectivity index (χ3v) is 4.40. The van der Waals surface area contributed by atoms with Crippen LogP contribution >= 0.6 is 0 Å². The average Bonchev–Trinajstić information content (AvgIpc) is 3.22. The van der Waals surface area contributed by atoms with Gasteiger partial charge in [-0.2, -0.15) is 0 Å². The van der Waals surface area contributed by atoms with Gasteiger partial charge in [-0.05, 0) is 25.7 Å². The smallest absolute Gasteiger partial charge is 0.332 e. The van der Waals surface area contributed by atoms with Gasteiger partial charge in [-0.15, -0.1) is 0 Å². The molecule has 1 saturated carbocycles. The molecule has 2 heterocycles. The molecule has 1 N–H and O–H groups in total. The van der Waals surface area contributed by atoms with E-state index in [4.69, 9.17) is 9.84 Å². The van der Waals surface area contributed by atoms with E-state index >= 15 is 0 Å². The molecule has 3 fully saturated rings. The van der Waals surface area contributed by atoms with Gasteiger partial charge in [0.15, 0.2) is 6.10 Å². The van der Waals surface area contributed by atoms with Crippen LogP contribution in [-0.2, 0) is 19.1 Å². The number of nitrogens with zero attached hydrogens (tertiary/aromatic N) is 2. The molecule has 3 aliphatic rings. The van der Waals surface area contributed by atoms with E-state index in [0.717, 1.165) is 12.8 Å². The van der Waals surface area contributed by atoms with Crippen LogP contribution in [0.4, 0.5) is 0 Å². The zero-order valence-corrected chi connectivity index (χ0v) is 11.9. The molecule has 0 radical (unpaired) electrons. The number of amides is 2. The van der Waals surface area contributed by atoms with Crippen molar-refractivity contribution in [2.75, 3.05) is 26.2 Å². The third kappa shape index (κ3) is 3.02. The Morgan fingerprint density at radius 2 is 1.33 bits per heavy atom. The highest BCUT2D eigenvalue weighted by Crippen LogP contribution is 2.31. The van der Waals surface area contributed by atoms with Crippen LogP contribution in [0.25, 0.3) is 0 Å². The van der Waals surface area contributed by atoms with E-state index in [2.05, 4.69) is 0 Å². The Hall–Kier alpha value is -1.63. The van der Waals surface area contributed by atoms with E-state index in [1.165, 1.54) is 0 Å². The zero-order valence-electron chi connectivity index (χ0n) is 11.9. The average molecular weight is 296 g/mol. The van der Waals surface area contributed by atoms with Gasteiger partial charge in [0, 0.05) is 32.1 Å². The molecule has 21 heavy (non-hydrogen) atoms. The summed E-state index contributed by atoms with van der Waals surface area (Å²) in [7, 11) is 0. The summed E-state index contributed by atoms with van der Waals surface area (Å²) in [5.41, 5.74) is 0. The van der Waals surface area contributed by atoms with Gasteiger partial charge in [-0.25, -0.2) is 4.79 Å². The van der Waals surface area contributed by atoms with Gasteiger partial charge in [0.25, 0.3) is 5.91 Å². The molecule has 2 aliphatic heterocycles. The summed E-state index contributed by atoms with van der Waals surface area (Å²) in [5, 5.41) is 8.88. The second kappa shape index (κ2) is 5.63. The Morgan fingerprint density at radius 3 is 1.81 bits per heavy atom. The first-order chi connectivity index (χ1) is 10.1. The predicted octanol–water partition coefficient (Wildman–Crippen LogP) is -0.301. The molecule has 7 nitrogen and oxygen atoms in total. The van der Waals surface area contributed by atoms with Gasteiger partial charge in [0.2, 0.25) is 5.91 Å². The number of ether oxygens (including phenoxy) is 1. The molecule has 2 unspecified atom stereocenters. The lowest BCUT2D eigenvalue weighted by Crippen LogP contribution is -2.53. The Kier molecular flexibility index (Phi) is 3.84. The molecule has 2 atom stereocenters. The van der Waals surface area contributed by atoms with Crippen molar-refractivity contribution in [3.8, 4) is 0 Å². The van der Waals surface area contributed by atoms with E-state index in [0.29, 0.717) is 39.0 Å². The number of rotatable bonds is 3. The number of carbonyl (C=O) groups is 3. The molecule has 0 aromatic rings. The molecule has 0 aromatic carbocycles. The number of piperazine rings is 1. The first-order valence-corrected chi connectivity index (χ1v) is 7.52. The van der Waals surface area contributed by atoms with Crippen LogP contribution in [0.15, 0.2) is 0 Å². The summed E-state index contributed by atoms with van der Waals surface area (Å²) in [5.74, 6) is -0.727. The van der Waals surface area contributed by atoms with Crippen LogP contribution in [0, 0.1) is 5.92 Å². The van der Waals surface area contributed by atoms with Gasteiger partial charge in [-0.1, -0.05) is 0 Å². The number of hydrogen-bond donors (Lipinski definition) is 1. The Labute approximate surface area is 122 Å². The highest BCUT2D eigenvalue weighted by atomic mass is 16.5. The van der Waals surface area contributed by atoms with E-state index in [-0.39, 0.29) is 17.7 Å². The molecular weight excluding hydrogens is 276 g/mol. The zero-order chi connectivity index (χ0) is 15.0. The fourth-order valence-electron chi connectivity index (χ4n) is 2.94. The second-order valence-electron chi connectivity index (χ2n) is 5.95. The van der Waals surface area contributed by atoms with Crippen LogP contribution in [0.5, 0.6) is 0 Å². The largest absolute Gasteiger partial charge is 0.479 e. The quantitative estimate of drug-likeness (QED) is 0.772. The maximum Gasteiger partial charge on any atom is 0.332 e.